The predicted molar refractivity (Wildman–Crippen MR) is 87.1 cm³/mol. The molecular formula is C17H17NO7. The highest BCUT2D eigenvalue weighted by atomic mass is 16.7. The van der Waals surface area contributed by atoms with Crippen molar-refractivity contribution in [1.82, 2.24) is 0 Å². The average Bonchev–Trinajstić information content (AvgIpc) is 2.55. The molecule has 25 heavy (non-hydrogen) atoms. The van der Waals surface area contributed by atoms with Crippen molar-refractivity contribution < 1.29 is 28.6 Å². The minimum Gasteiger partial charge on any atom is -0.502 e. The quantitative estimate of drug-likeness (QED) is 0.489. The zero-order valence-corrected chi connectivity index (χ0v) is 13.8. The van der Waals surface area contributed by atoms with Gasteiger partial charge in [-0.25, -0.2) is 4.79 Å². The molecule has 1 saturated heterocycles. The van der Waals surface area contributed by atoms with E-state index in [1.54, 1.807) is 12.1 Å². The van der Waals surface area contributed by atoms with Gasteiger partial charge in [0.1, 0.15) is 12.0 Å². The van der Waals surface area contributed by atoms with Crippen LogP contribution in [-0.4, -0.2) is 23.5 Å². The fourth-order valence-electron chi connectivity index (χ4n) is 2.93. The van der Waals surface area contributed by atoms with Gasteiger partial charge in [-0.1, -0.05) is 13.8 Å². The van der Waals surface area contributed by atoms with E-state index in [0.717, 1.165) is 5.56 Å². The number of cyclic esters (lactones) is 2. The van der Waals surface area contributed by atoms with Crippen molar-refractivity contribution >= 4 is 28.6 Å². The third-order valence-electron chi connectivity index (χ3n) is 4.00. The normalized spacial score (nSPS) is 15.1. The second-order valence-corrected chi connectivity index (χ2v) is 5.52. The topological polar surface area (TPSA) is 115 Å². The minimum atomic E-state index is -1.23. The standard InChI is InChI=1S/C17H17NO7/c1-3-8-10(18-17-24-12(19)7-13(20)25-17)5-6-11-14(8)9(4-2)15(21)16(22)23-11/h5-6,17-18,21H,3-4,7H2,1-2H3. The lowest BCUT2D eigenvalue weighted by molar-refractivity contribution is -0.197. The van der Waals surface area contributed by atoms with E-state index in [9.17, 15) is 19.5 Å². The second kappa shape index (κ2) is 6.46. The van der Waals surface area contributed by atoms with Crippen LogP contribution >= 0.6 is 0 Å². The summed E-state index contributed by atoms with van der Waals surface area (Å²) in [6.07, 6.45) is -0.687. The number of ether oxygens (including phenoxy) is 2. The predicted octanol–water partition coefficient (Wildman–Crippen LogP) is 1.81. The number of carbonyl (C=O) groups is 2. The number of benzene rings is 1. The molecule has 1 aromatic heterocycles. The maximum atomic E-state index is 11.7. The lowest BCUT2D eigenvalue weighted by Gasteiger charge is -2.25. The van der Waals surface area contributed by atoms with Crippen LogP contribution in [0.2, 0.25) is 0 Å². The second-order valence-electron chi connectivity index (χ2n) is 5.52. The van der Waals surface area contributed by atoms with E-state index >= 15 is 0 Å². The first kappa shape index (κ1) is 16.8. The molecule has 1 fully saturated rings. The van der Waals surface area contributed by atoms with Gasteiger partial charge in [0, 0.05) is 16.6 Å². The molecule has 2 aromatic rings. The molecule has 1 aliphatic rings. The Morgan fingerprint density at radius 2 is 1.72 bits per heavy atom. The van der Waals surface area contributed by atoms with Crippen LogP contribution in [-0.2, 0) is 31.9 Å². The first-order valence-electron chi connectivity index (χ1n) is 7.90. The number of rotatable bonds is 4. The summed E-state index contributed by atoms with van der Waals surface area (Å²) in [6, 6.07) is 3.21. The molecule has 1 aliphatic heterocycles. The molecule has 8 heteroatoms. The van der Waals surface area contributed by atoms with E-state index in [1.807, 2.05) is 13.8 Å². The first-order chi connectivity index (χ1) is 11.9. The molecule has 0 spiro atoms. The van der Waals surface area contributed by atoms with Crippen LogP contribution in [0, 0.1) is 0 Å². The van der Waals surface area contributed by atoms with Crippen LogP contribution in [0.5, 0.6) is 5.75 Å². The summed E-state index contributed by atoms with van der Waals surface area (Å²) in [5, 5.41) is 13.5. The average molecular weight is 347 g/mol. The van der Waals surface area contributed by atoms with Gasteiger partial charge in [-0.05, 0) is 30.5 Å². The zero-order valence-electron chi connectivity index (χ0n) is 13.8. The van der Waals surface area contributed by atoms with Crippen molar-refractivity contribution in [2.75, 3.05) is 5.32 Å². The Kier molecular flexibility index (Phi) is 4.35. The van der Waals surface area contributed by atoms with E-state index < -0.39 is 36.1 Å². The third-order valence-corrected chi connectivity index (χ3v) is 4.00. The fourth-order valence-corrected chi connectivity index (χ4v) is 2.93. The van der Waals surface area contributed by atoms with Crippen molar-refractivity contribution in [3.05, 3.63) is 33.7 Å². The Balaban J connectivity index is 2.10. The number of anilines is 1. The van der Waals surface area contributed by atoms with Gasteiger partial charge in [0.15, 0.2) is 0 Å². The lowest BCUT2D eigenvalue weighted by Crippen LogP contribution is -2.37. The molecule has 0 saturated carbocycles. The van der Waals surface area contributed by atoms with Crippen molar-refractivity contribution in [2.24, 2.45) is 0 Å². The molecule has 0 aliphatic carbocycles. The van der Waals surface area contributed by atoms with Gasteiger partial charge < -0.3 is 24.3 Å². The van der Waals surface area contributed by atoms with Crippen molar-refractivity contribution in [3.63, 3.8) is 0 Å². The van der Waals surface area contributed by atoms with Crippen LogP contribution in [0.1, 0.15) is 31.4 Å². The monoisotopic (exact) mass is 347 g/mol. The summed E-state index contributed by atoms with van der Waals surface area (Å²) in [7, 11) is 0. The number of esters is 2. The summed E-state index contributed by atoms with van der Waals surface area (Å²) in [6.45, 7) is 3.71. The smallest absolute Gasteiger partial charge is 0.379 e. The van der Waals surface area contributed by atoms with Crippen LogP contribution in [0.25, 0.3) is 11.0 Å². The van der Waals surface area contributed by atoms with Gasteiger partial charge in [-0.2, -0.15) is 0 Å². The molecule has 0 bridgehead atoms. The summed E-state index contributed by atoms with van der Waals surface area (Å²) in [5.41, 5.74) is 1.32. The molecule has 0 amide bonds. The minimum absolute atomic E-state index is 0.347. The Morgan fingerprint density at radius 3 is 2.32 bits per heavy atom. The number of fused-ring (bicyclic) bond motifs is 1. The van der Waals surface area contributed by atoms with E-state index in [2.05, 4.69) is 5.32 Å². The SMILES string of the molecule is CCc1c(NC2OC(=O)CC(=O)O2)ccc2oc(=O)c(O)c(CC)c12. The highest BCUT2D eigenvalue weighted by Gasteiger charge is 2.28. The van der Waals surface area contributed by atoms with Gasteiger partial charge in [-0.3, -0.25) is 9.59 Å². The summed E-state index contributed by atoms with van der Waals surface area (Å²) in [4.78, 5) is 34.5. The van der Waals surface area contributed by atoms with Gasteiger partial charge in [0.05, 0.1) is 0 Å². The molecule has 0 unspecified atom stereocenters. The number of aryl methyl sites for hydroxylation is 2. The molecule has 2 N–H and O–H groups in total. The molecule has 0 radical (unpaired) electrons. The number of hydrogen-bond acceptors (Lipinski definition) is 8. The molecule has 3 rings (SSSR count). The molecule has 2 heterocycles. The number of hydrogen-bond donors (Lipinski definition) is 2. The Hall–Kier alpha value is -3.03. The highest BCUT2D eigenvalue weighted by molar-refractivity contribution is 5.93. The zero-order chi connectivity index (χ0) is 18.1. The van der Waals surface area contributed by atoms with E-state index in [-0.39, 0.29) is 0 Å². The van der Waals surface area contributed by atoms with Crippen LogP contribution in [0.4, 0.5) is 5.69 Å². The Bertz CT molecular complexity index is 899. The Labute approximate surface area is 142 Å². The van der Waals surface area contributed by atoms with Crippen LogP contribution in [0.15, 0.2) is 21.3 Å². The van der Waals surface area contributed by atoms with Gasteiger partial charge in [0.2, 0.25) is 5.75 Å². The number of carbonyl (C=O) groups excluding carboxylic acids is 2. The maximum absolute atomic E-state index is 11.7. The largest absolute Gasteiger partial charge is 0.502 e. The summed E-state index contributed by atoms with van der Waals surface area (Å²) < 4.78 is 15.1. The maximum Gasteiger partial charge on any atom is 0.379 e. The molecule has 132 valence electrons. The summed E-state index contributed by atoms with van der Waals surface area (Å²) in [5.74, 6) is -1.77. The van der Waals surface area contributed by atoms with Crippen LogP contribution in [0.3, 0.4) is 0 Å². The van der Waals surface area contributed by atoms with Gasteiger partial charge in [0.25, 0.3) is 0 Å². The highest BCUT2D eigenvalue weighted by Crippen LogP contribution is 2.33. The lowest BCUT2D eigenvalue weighted by atomic mass is 9.98. The third kappa shape index (κ3) is 3.02. The molecular weight excluding hydrogens is 330 g/mol. The van der Waals surface area contributed by atoms with Crippen molar-refractivity contribution in [3.8, 4) is 5.75 Å². The van der Waals surface area contributed by atoms with E-state index in [1.165, 1.54) is 0 Å². The summed E-state index contributed by atoms with van der Waals surface area (Å²) >= 11 is 0. The molecule has 1 aromatic carbocycles. The first-order valence-corrected chi connectivity index (χ1v) is 7.90. The van der Waals surface area contributed by atoms with E-state index in [0.29, 0.717) is 35.1 Å². The van der Waals surface area contributed by atoms with E-state index in [4.69, 9.17) is 13.9 Å². The van der Waals surface area contributed by atoms with Crippen molar-refractivity contribution in [2.45, 2.75) is 39.5 Å². The van der Waals surface area contributed by atoms with Gasteiger partial charge in [-0.15, -0.1) is 0 Å². The van der Waals surface area contributed by atoms with Crippen molar-refractivity contribution in [1.29, 1.82) is 0 Å². The molecule has 8 nitrogen and oxygen atoms in total. The fraction of sp³-hybridized carbons (Fsp3) is 0.353. The molecule has 0 atom stereocenters. The van der Waals surface area contributed by atoms with Gasteiger partial charge >= 0.3 is 24.0 Å². The Morgan fingerprint density at radius 1 is 1.08 bits per heavy atom. The number of aromatic hydroxyl groups is 1. The van der Waals surface area contributed by atoms with Crippen LogP contribution < -0.4 is 10.9 Å². The number of nitrogens with one attached hydrogen (secondary N) is 1.